The fourth-order valence-electron chi connectivity index (χ4n) is 1.56. The van der Waals surface area contributed by atoms with Crippen molar-refractivity contribution in [1.82, 2.24) is 4.98 Å². The molecule has 3 nitrogen and oxygen atoms in total. The average molecular weight is 208 g/mol. The molecule has 0 saturated carbocycles. The van der Waals surface area contributed by atoms with Gasteiger partial charge in [0, 0.05) is 6.20 Å². The normalized spacial score (nSPS) is 13.6. The van der Waals surface area contributed by atoms with Crippen molar-refractivity contribution in [3.05, 3.63) is 24.4 Å². The van der Waals surface area contributed by atoms with E-state index < -0.39 is 0 Å². The van der Waals surface area contributed by atoms with E-state index in [0.29, 0.717) is 0 Å². The monoisotopic (exact) mass is 208 g/mol. The van der Waals surface area contributed by atoms with Crippen LogP contribution in [0.4, 0.5) is 5.82 Å². The van der Waals surface area contributed by atoms with Crippen LogP contribution in [0.15, 0.2) is 24.4 Å². The Balaban J connectivity index is 2.55. The van der Waals surface area contributed by atoms with Crippen LogP contribution in [0, 0.1) is 5.41 Å². The molecule has 1 aromatic rings. The Labute approximate surface area is 91.5 Å². The minimum absolute atomic E-state index is 0.0694. The van der Waals surface area contributed by atoms with E-state index in [1.807, 2.05) is 18.2 Å². The summed E-state index contributed by atoms with van der Waals surface area (Å²) in [6.07, 6.45) is 2.66. The van der Waals surface area contributed by atoms with Crippen LogP contribution >= 0.6 is 0 Å². The topological polar surface area (TPSA) is 45.1 Å². The fourth-order valence-corrected chi connectivity index (χ4v) is 1.56. The van der Waals surface area contributed by atoms with Crippen molar-refractivity contribution in [1.29, 1.82) is 0 Å². The minimum Gasteiger partial charge on any atom is -0.394 e. The predicted molar refractivity (Wildman–Crippen MR) is 62.8 cm³/mol. The van der Waals surface area contributed by atoms with Gasteiger partial charge in [0.15, 0.2) is 0 Å². The number of hydrogen-bond acceptors (Lipinski definition) is 3. The highest BCUT2D eigenvalue weighted by atomic mass is 16.3. The molecule has 0 aromatic carbocycles. The van der Waals surface area contributed by atoms with Crippen molar-refractivity contribution in [3.63, 3.8) is 0 Å². The van der Waals surface area contributed by atoms with Crippen LogP contribution in [-0.4, -0.2) is 22.7 Å². The molecule has 0 aliphatic rings. The molecule has 0 radical (unpaired) electrons. The number of anilines is 1. The molecule has 1 unspecified atom stereocenters. The van der Waals surface area contributed by atoms with Crippen LogP contribution in [0.25, 0.3) is 0 Å². The molecule has 0 aliphatic heterocycles. The van der Waals surface area contributed by atoms with Gasteiger partial charge in [-0.05, 0) is 24.0 Å². The molecule has 3 heteroatoms. The number of aliphatic hydroxyl groups excluding tert-OH is 1. The zero-order chi connectivity index (χ0) is 11.3. The molecule has 0 bridgehead atoms. The molecule has 0 fully saturated rings. The summed E-state index contributed by atoms with van der Waals surface area (Å²) in [6.45, 7) is 6.62. The van der Waals surface area contributed by atoms with Crippen molar-refractivity contribution in [2.45, 2.75) is 33.2 Å². The molecule has 15 heavy (non-hydrogen) atoms. The molecule has 84 valence electrons. The minimum atomic E-state index is 0.0694. The molecule has 0 saturated heterocycles. The van der Waals surface area contributed by atoms with Gasteiger partial charge in [0.1, 0.15) is 5.82 Å². The summed E-state index contributed by atoms with van der Waals surface area (Å²) >= 11 is 0. The quantitative estimate of drug-likeness (QED) is 0.798. The Kier molecular flexibility index (Phi) is 4.09. The lowest BCUT2D eigenvalue weighted by Crippen LogP contribution is -2.29. The molecular formula is C12H20N2O. The van der Waals surface area contributed by atoms with E-state index >= 15 is 0 Å². The maximum atomic E-state index is 9.26. The number of nitrogens with zero attached hydrogens (tertiary/aromatic N) is 1. The Morgan fingerprint density at radius 1 is 1.40 bits per heavy atom. The Morgan fingerprint density at radius 2 is 2.13 bits per heavy atom. The second kappa shape index (κ2) is 5.12. The van der Waals surface area contributed by atoms with Gasteiger partial charge < -0.3 is 10.4 Å². The lowest BCUT2D eigenvalue weighted by Gasteiger charge is -2.25. The third-order valence-corrected chi connectivity index (χ3v) is 2.10. The van der Waals surface area contributed by atoms with Crippen molar-refractivity contribution < 1.29 is 5.11 Å². The number of pyridine rings is 1. The first-order chi connectivity index (χ1) is 7.01. The van der Waals surface area contributed by atoms with Gasteiger partial charge in [-0.25, -0.2) is 4.98 Å². The molecule has 1 heterocycles. The SMILES string of the molecule is CC(C)(C)CC(CO)Nc1ccccn1. The van der Waals surface area contributed by atoms with Crippen molar-refractivity contribution in [2.75, 3.05) is 11.9 Å². The zero-order valence-corrected chi connectivity index (χ0v) is 9.70. The average Bonchev–Trinajstić information content (AvgIpc) is 2.16. The highest BCUT2D eigenvalue weighted by Crippen LogP contribution is 2.22. The maximum absolute atomic E-state index is 9.26. The van der Waals surface area contributed by atoms with Gasteiger partial charge in [0.25, 0.3) is 0 Å². The van der Waals surface area contributed by atoms with Crippen LogP contribution in [0.5, 0.6) is 0 Å². The van der Waals surface area contributed by atoms with E-state index in [-0.39, 0.29) is 18.1 Å². The number of nitrogens with one attached hydrogen (secondary N) is 1. The van der Waals surface area contributed by atoms with Crippen LogP contribution in [0.1, 0.15) is 27.2 Å². The highest BCUT2D eigenvalue weighted by Gasteiger charge is 2.18. The summed E-state index contributed by atoms with van der Waals surface area (Å²) in [5, 5.41) is 12.5. The fraction of sp³-hybridized carbons (Fsp3) is 0.583. The molecule has 0 amide bonds. The molecule has 1 rings (SSSR count). The highest BCUT2D eigenvalue weighted by molar-refractivity contribution is 5.34. The molecule has 2 N–H and O–H groups in total. The smallest absolute Gasteiger partial charge is 0.126 e. The Bertz CT molecular complexity index is 279. The van der Waals surface area contributed by atoms with E-state index in [1.165, 1.54) is 0 Å². The number of hydrogen-bond donors (Lipinski definition) is 2. The molecule has 1 atom stereocenters. The van der Waals surface area contributed by atoms with Crippen LogP contribution in [0.2, 0.25) is 0 Å². The van der Waals surface area contributed by atoms with Crippen LogP contribution in [-0.2, 0) is 0 Å². The maximum Gasteiger partial charge on any atom is 0.126 e. The van der Waals surface area contributed by atoms with E-state index in [0.717, 1.165) is 12.2 Å². The van der Waals surface area contributed by atoms with Gasteiger partial charge in [-0.1, -0.05) is 26.8 Å². The van der Waals surface area contributed by atoms with Gasteiger partial charge in [-0.15, -0.1) is 0 Å². The summed E-state index contributed by atoms with van der Waals surface area (Å²) < 4.78 is 0. The molecule has 0 spiro atoms. The second-order valence-electron chi connectivity index (χ2n) is 5.00. The summed E-state index contributed by atoms with van der Waals surface area (Å²) in [6, 6.07) is 5.79. The summed E-state index contributed by atoms with van der Waals surface area (Å²) in [4.78, 5) is 4.17. The third kappa shape index (κ3) is 4.79. The first-order valence-corrected chi connectivity index (χ1v) is 5.30. The van der Waals surface area contributed by atoms with Gasteiger partial charge in [-0.2, -0.15) is 0 Å². The first-order valence-electron chi connectivity index (χ1n) is 5.30. The lowest BCUT2D eigenvalue weighted by atomic mass is 9.88. The Morgan fingerprint density at radius 3 is 2.60 bits per heavy atom. The largest absolute Gasteiger partial charge is 0.394 e. The summed E-state index contributed by atoms with van der Waals surface area (Å²) in [5.41, 5.74) is 0.204. The number of rotatable bonds is 4. The van der Waals surface area contributed by atoms with E-state index in [4.69, 9.17) is 0 Å². The van der Waals surface area contributed by atoms with Gasteiger partial charge >= 0.3 is 0 Å². The first kappa shape index (κ1) is 12.0. The molecular weight excluding hydrogens is 188 g/mol. The van der Waals surface area contributed by atoms with Gasteiger partial charge in [-0.3, -0.25) is 0 Å². The zero-order valence-electron chi connectivity index (χ0n) is 9.70. The van der Waals surface area contributed by atoms with Gasteiger partial charge in [0.05, 0.1) is 12.6 Å². The van der Waals surface area contributed by atoms with Gasteiger partial charge in [0.2, 0.25) is 0 Å². The third-order valence-electron chi connectivity index (χ3n) is 2.10. The van der Waals surface area contributed by atoms with Crippen LogP contribution in [0.3, 0.4) is 0 Å². The second-order valence-corrected chi connectivity index (χ2v) is 5.00. The Hall–Kier alpha value is -1.09. The van der Waals surface area contributed by atoms with Crippen molar-refractivity contribution >= 4 is 5.82 Å². The van der Waals surface area contributed by atoms with Crippen molar-refractivity contribution in [3.8, 4) is 0 Å². The molecule has 0 aliphatic carbocycles. The van der Waals surface area contributed by atoms with E-state index in [2.05, 4.69) is 31.1 Å². The van der Waals surface area contributed by atoms with Crippen LogP contribution < -0.4 is 5.32 Å². The number of aromatic nitrogens is 1. The predicted octanol–water partition coefficient (Wildman–Crippen LogP) is 2.29. The van der Waals surface area contributed by atoms with Crippen molar-refractivity contribution in [2.24, 2.45) is 5.41 Å². The molecule has 1 aromatic heterocycles. The summed E-state index contributed by atoms with van der Waals surface area (Å²) in [5.74, 6) is 0.820. The lowest BCUT2D eigenvalue weighted by molar-refractivity contribution is 0.233. The standard InChI is InChI=1S/C12H20N2O/c1-12(2,3)8-10(9-15)14-11-6-4-5-7-13-11/h4-7,10,15H,8-9H2,1-3H3,(H,13,14). The number of aliphatic hydroxyl groups is 1. The van der Waals surface area contributed by atoms with E-state index in [1.54, 1.807) is 6.20 Å². The summed E-state index contributed by atoms with van der Waals surface area (Å²) in [7, 11) is 0. The van der Waals surface area contributed by atoms with E-state index in [9.17, 15) is 5.11 Å².